The molecular formula is C11H15N3OS2. The highest BCUT2D eigenvalue weighted by atomic mass is 32.2. The lowest BCUT2D eigenvalue weighted by molar-refractivity contribution is -0.120. The van der Waals surface area contributed by atoms with E-state index in [0.29, 0.717) is 5.13 Å². The first-order valence-corrected chi connectivity index (χ1v) is 7.52. The minimum atomic E-state index is 0.0681. The van der Waals surface area contributed by atoms with Gasteiger partial charge in [-0.05, 0) is 25.0 Å². The van der Waals surface area contributed by atoms with Gasteiger partial charge in [0.25, 0.3) is 0 Å². The molecule has 0 saturated carbocycles. The fourth-order valence-electron chi connectivity index (χ4n) is 1.68. The molecule has 0 aromatic carbocycles. The lowest BCUT2D eigenvalue weighted by Crippen LogP contribution is -2.23. The Morgan fingerprint density at radius 1 is 1.59 bits per heavy atom. The van der Waals surface area contributed by atoms with E-state index in [1.54, 1.807) is 11.8 Å². The maximum absolute atomic E-state index is 11.9. The van der Waals surface area contributed by atoms with Crippen LogP contribution in [-0.2, 0) is 4.79 Å². The standard InChI is InChI=1S/C11H15N3OS2/c1-2-16-11-14-13-10(17-11)12-9(15)8-6-4-3-5-7-8/h3-4,8H,2,5-7H2,1H3,(H,12,13,15). The quantitative estimate of drug-likeness (QED) is 0.519. The molecule has 1 unspecified atom stereocenters. The van der Waals surface area contributed by atoms with E-state index in [-0.39, 0.29) is 11.8 Å². The molecule has 92 valence electrons. The van der Waals surface area contributed by atoms with Crippen LogP contribution in [0.1, 0.15) is 26.2 Å². The van der Waals surface area contributed by atoms with Crippen LogP contribution in [0.25, 0.3) is 0 Å². The Morgan fingerprint density at radius 3 is 3.18 bits per heavy atom. The first-order chi connectivity index (χ1) is 8.29. The molecule has 6 heteroatoms. The highest BCUT2D eigenvalue weighted by Crippen LogP contribution is 2.26. The zero-order valence-corrected chi connectivity index (χ0v) is 11.3. The summed E-state index contributed by atoms with van der Waals surface area (Å²) in [6.07, 6.45) is 6.96. The monoisotopic (exact) mass is 269 g/mol. The van der Waals surface area contributed by atoms with Gasteiger partial charge < -0.3 is 5.32 Å². The molecule has 1 aromatic heterocycles. The summed E-state index contributed by atoms with van der Waals surface area (Å²) in [7, 11) is 0. The molecule has 1 amide bonds. The number of carbonyl (C=O) groups excluding carboxylic acids is 1. The van der Waals surface area contributed by atoms with Crippen LogP contribution in [0.4, 0.5) is 5.13 Å². The van der Waals surface area contributed by atoms with Gasteiger partial charge in [0.2, 0.25) is 11.0 Å². The Morgan fingerprint density at radius 2 is 2.47 bits per heavy atom. The van der Waals surface area contributed by atoms with E-state index in [0.717, 1.165) is 29.4 Å². The lowest BCUT2D eigenvalue weighted by Gasteiger charge is -2.15. The van der Waals surface area contributed by atoms with Gasteiger partial charge in [0.1, 0.15) is 0 Å². The predicted molar refractivity (Wildman–Crippen MR) is 71.4 cm³/mol. The van der Waals surface area contributed by atoms with Gasteiger partial charge in [-0.25, -0.2) is 0 Å². The molecular weight excluding hydrogens is 254 g/mol. The number of allylic oxidation sites excluding steroid dienone is 2. The summed E-state index contributed by atoms with van der Waals surface area (Å²) in [6.45, 7) is 2.07. The van der Waals surface area contributed by atoms with Crippen molar-refractivity contribution in [2.75, 3.05) is 11.1 Å². The second-order valence-corrected chi connectivity index (χ2v) is 6.27. The van der Waals surface area contributed by atoms with Gasteiger partial charge in [-0.2, -0.15) is 0 Å². The molecule has 1 heterocycles. The molecule has 0 radical (unpaired) electrons. The number of thioether (sulfide) groups is 1. The van der Waals surface area contributed by atoms with Gasteiger partial charge in [-0.1, -0.05) is 42.2 Å². The summed E-state index contributed by atoms with van der Waals surface area (Å²) in [4.78, 5) is 11.9. The summed E-state index contributed by atoms with van der Waals surface area (Å²) in [5.41, 5.74) is 0. The number of rotatable bonds is 4. The molecule has 17 heavy (non-hydrogen) atoms. The van der Waals surface area contributed by atoms with Crippen molar-refractivity contribution < 1.29 is 4.79 Å². The minimum Gasteiger partial charge on any atom is -0.300 e. The number of nitrogens with one attached hydrogen (secondary N) is 1. The topological polar surface area (TPSA) is 54.9 Å². The molecule has 4 nitrogen and oxygen atoms in total. The minimum absolute atomic E-state index is 0.0681. The Balaban J connectivity index is 1.90. The first-order valence-electron chi connectivity index (χ1n) is 5.71. The van der Waals surface area contributed by atoms with Crippen LogP contribution >= 0.6 is 23.1 Å². The van der Waals surface area contributed by atoms with Gasteiger partial charge in [-0.15, -0.1) is 10.2 Å². The van der Waals surface area contributed by atoms with E-state index >= 15 is 0 Å². The van der Waals surface area contributed by atoms with Crippen molar-refractivity contribution in [1.82, 2.24) is 10.2 Å². The average molecular weight is 269 g/mol. The summed E-state index contributed by atoms with van der Waals surface area (Å²) in [5, 5.41) is 11.4. The van der Waals surface area contributed by atoms with E-state index in [1.165, 1.54) is 11.3 Å². The Bertz CT molecular complexity index is 417. The lowest BCUT2D eigenvalue weighted by atomic mass is 9.94. The van der Waals surface area contributed by atoms with Crippen LogP contribution < -0.4 is 5.32 Å². The van der Waals surface area contributed by atoms with E-state index in [9.17, 15) is 4.79 Å². The molecule has 1 aliphatic rings. The number of hydrogen-bond donors (Lipinski definition) is 1. The molecule has 0 spiro atoms. The molecule has 0 bridgehead atoms. The second-order valence-electron chi connectivity index (χ2n) is 3.78. The Hall–Kier alpha value is -0.880. The van der Waals surface area contributed by atoms with Crippen LogP contribution in [0.5, 0.6) is 0 Å². The molecule has 0 fully saturated rings. The predicted octanol–water partition coefficient (Wildman–Crippen LogP) is 2.94. The molecule has 1 aliphatic carbocycles. The van der Waals surface area contributed by atoms with Crippen molar-refractivity contribution >= 4 is 34.1 Å². The number of amides is 1. The fourth-order valence-corrected chi connectivity index (χ4v) is 3.33. The van der Waals surface area contributed by atoms with Crippen molar-refractivity contribution in [3.63, 3.8) is 0 Å². The van der Waals surface area contributed by atoms with Crippen molar-refractivity contribution in [1.29, 1.82) is 0 Å². The number of aromatic nitrogens is 2. The third kappa shape index (κ3) is 3.54. The second kappa shape index (κ2) is 6.16. The van der Waals surface area contributed by atoms with Gasteiger partial charge in [0.15, 0.2) is 4.34 Å². The number of anilines is 1. The third-order valence-corrected chi connectivity index (χ3v) is 4.40. The maximum atomic E-state index is 11.9. The third-order valence-electron chi connectivity index (χ3n) is 2.54. The number of nitrogens with zero attached hydrogens (tertiary/aromatic N) is 2. The van der Waals surface area contributed by atoms with Crippen molar-refractivity contribution in [3.8, 4) is 0 Å². The van der Waals surface area contributed by atoms with Crippen LogP contribution in [0.2, 0.25) is 0 Å². The zero-order valence-electron chi connectivity index (χ0n) is 9.68. The highest BCUT2D eigenvalue weighted by Gasteiger charge is 2.19. The number of carbonyl (C=O) groups is 1. The van der Waals surface area contributed by atoms with Crippen molar-refractivity contribution in [2.24, 2.45) is 5.92 Å². The van der Waals surface area contributed by atoms with Crippen LogP contribution in [-0.4, -0.2) is 21.9 Å². The van der Waals surface area contributed by atoms with E-state index in [4.69, 9.17) is 0 Å². The highest BCUT2D eigenvalue weighted by molar-refractivity contribution is 8.01. The molecule has 2 rings (SSSR count). The fraction of sp³-hybridized carbons (Fsp3) is 0.545. The molecule has 0 aliphatic heterocycles. The largest absolute Gasteiger partial charge is 0.300 e. The molecule has 1 N–H and O–H groups in total. The smallest absolute Gasteiger partial charge is 0.229 e. The SMILES string of the molecule is CCSc1nnc(NC(=O)C2CC=CCC2)s1. The molecule has 0 saturated heterocycles. The zero-order chi connectivity index (χ0) is 12.1. The number of hydrogen-bond acceptors (Lipinski definition) is 5. The Labute approximate surface area is 109 Å². The summed E-state index contributed by atoms with van der Waals surface area (Å²) < 4.78 is 0.909. The van der Waals surface area contributed by atoms with E-state index in [2.05, 4.69) is 34.6 Å². The van der Waals surface area contributed by atoms with Gasteiger partial charge in [-0.3, -0.25) is 4.79 Å². The van der Waals surface area contributed by atoms with Crippen molar-refractivity contribution in [2.45, 2.75) is 30.5 Å². The molecule has 1 atom stereocenters. The molecule has 1 aromatic rings. The summed E-state index contributed by atoms with van der Waals surface area (Å²) in [6, 6.07) is 0. The van der Waals surface area contributed by atoms with Gasteiger partial charge in [0.05, 0.1) is 0 Å². The Kier molecular flexibility index (Phi) is 4.56. The average Bonchev–Trinajstić information content (AvgIpc) is 2.78. The van der Waals surface area contributed by atoms with Crippen LogP contribution in [0.15, 0.2) is 16.5 Å². The maximum Gasteiger partial charge on any atom is 0.229 e. The van der Waals surface area contributed by atoms with Crippen LogP contribution in [0.3, 0.4) is 0 Å². The van der Waals surface area contributed by atoms with E-state index < -0.39 is 0 Å². The van der Waals surface area contributed by atoms with Crippen LogP contribution in [0, 0.1) is 5.92 Å². The first kappa shape index (κ1) is 12.6. The van der Waals surface area contributed by atoms with Gasteiger partial charge in [0, 0.05) is 5.92 Å². The van der Waals surface area contributed by atoms with E-state index in [1.807, 2.05) is 0 Å². The normalized spacial score (nSPS) is 19.2. The summed E-state index contributed by atoms with van der Waals surface area (Å²) >= 11 is 3.08. The van der Waals surface area contributed by atoms with Gasteiger partial charge >= 0.3 is 0 Å². The summed E-state index contributed by atoms with van der Waals surface area (Å²) in [5.74, 6) is 1.13. The van der Waals surface area contributed by atoms with Crippen molar-refractivity contribution in [3.05, 3.63) is 12.2 Å².